The molecule has 0 saturated heterocycles. The Labute approximate surface area is 211 Å². The summed E-state index contributed by atoms with van der Waals surface area (Å²) in [4.78, 5) is 24.3. The van der Waals surface area contributed by atoms with Gasteiger partial charge < -0.3 is 14.6 Å². The van der Waals surface area contributed by atoms with E-state index in [1.54, 1.807) is 6.92 Å². The van der Waals surface area contributed by atoms with E-state index in [1.807, 2.05) is 6.92 Å². The number of benzene rings is 1. The molecular weight excluding hydrogens is 440 g/mol. The minimum atomic E-state index is -0.702. The van der Waals surface area contributed by atoms with Crippen molar-refractivity contribution in [2.75, 3.05) is 19.8 Å². The summed E-state index contributed by atoms with van der Waals surface area (Å²) in [5, 5.41) is 9.19. The van der Waals surface area contributed by atoms with Crippen LogP contribution in [0.4, 0.5) is 0 Å². The first-order valence-corrected chi connectivity index (χ1v) is 13.1. The third-order valence-corrected chi connectivity index (χ3v) is 7.52. The van der Waals surface area contributed by atoms with Crippen molar-refractivity contribution in [1.82, 2.24) is 0 Å². The van der Waals surface area contributed by atoms with Gasteiger partial charge in [0.2, 0.25) is 0 Å². The first kappa shape index (κ1) is 28.8. The molecule has 0 heterocycles. The zero-order valence-corrected chi connectivity index (χ0v) is 21.9. The van der Waals surface area contributed by atoms with E-state index in [1.165, 1.54) is 56.9 Å². The number of unbranched alkanes of at least 4 members (excludes halogenated alkanes) is 2. The van der Waals surface area contributed by atoms with Gasteiger partial charge in [-0.15, -0.1) is 0 Å². The first-order valence-electron chi connectivity index (χ1n) is 13.1. The van der Waals surface area contributed by atoms with Crippen molar-refractivity contribution >= 4 is 11.9 Å². The van der Waals surface area contributed by atoms with Gasteiger partial charge in [0, 0.05) is 5.57 Å². The summed E-state index contributed by atoms with van der Waals surface area (Å²) in [6.45, 7) is 12.7. The minimum absolute atomic E-state index is 0.00502. The molecule has 0 aliphatic heterocycles. The maximum absolute atomic E-state index is 12.2. The van der Waals surface area contributed by atoms with E-state index in [9.17, 15) is 14.7 Å². The number of carbonyl (C=O) groups excluding carboxylic acids is 2. The largest absolute Gasteiger partial charge is 0.461 e. The molecule has 5 nitrogen and oxygen atoms in total. The number of hydrogen-bond donors (Lipinski definition) is 1. The van der Waals surface area contributed by atoms with Crippen LogP contribution in [0.5, 0.6) is 0 Å². The van der Waals surface area contributed by atoms with Crippen molar-refractivity contribution in [3.63, 3.8) is 0 Å². The Hall–Kier alpha value is -2.40. The average Bonchev–Trinajstić information content (AvgIpc) is 2.89. The number of ether oxygens (including phenoxy) is 2. The SMILES string of the molecule is C=C(C)C(=O)OCC(CC)(COC(=O)C(=C)CO)c1ccc(C2CCC(CCCCC)CC2)cc1. The minimum Gasteiger partial charge on any atom is -0.461 e. The highest BCUT2D eigenvalue weighted by Crippen LogP contribution is 2.39. The number of aliphatic hydroxyl groups excluding tert-OH is 1. The third-order valence-electron chi connectivity index (χ3n) is 7.52. The van der Waals surface area contributed by atoms with Crippen molar-refractivity contribution in [2.45, 2.75) is 89.9 Å². The van der Waals surface area contributed by atoms with Gasteiger partial charge in [0.15, 0.2) is 0 Å². The van der Waals surface area contributed by atoms with Crippen molar-refractivity contribution < 1.29 is 24.2 Å². The molecule has 5 heteroatoms. The monoisotopic (exact) mass is 484 g/mol. The summed E-state index contributed by atoms with van der Waals surface area (Å²) in [6.07, 6.45) is 11.0. The first-order chi connectivity index (χ1) is 16.8. The molecule has 194 valence electrons. The second-order valence-corrected chi connectivity index (χ2v) is 10.2. The third kappa shape index (κ3) is 8.34. The number of carbonyl (C=O) groups is 2. The lowest BCUT2D eigenvalue weighted by atomic mass is 9.75. The van der Waals surface area contributed by atoms with Crippen LogP contribution in [-0.2, 0) is 24.5 Å². The van der Waals surface area contributed by atoms with Gasteiger partial charge in [-0.3, -0.25) is 0 Å². The lowest BCUT2D eigenvalue weighted by molar-refractivity contribution is -0.146. The van der Waals surface area contributed by atoms with E-state index in [-0.39, 0.29) is 18.8 Å². The van der Waals surface area contributed by atoms with Crippen molar-refractivity contribution in [3.8, 4) is 0 Å². The molecule has 1 aliphatic carbocycles. The van der Waals surface area contributed by atoms with Gasteiger partial charge in [-0.2, -0.15) is 0 Å². The van der Waals surface area contributed by atoms with Crippen LogP contribution in [0.1, 0.15) is 95.6 Å². The van der Waals surface area contributed by atoms with Crippen LogP contribution in [0.15, 0.2) is 48.6 Å². The summed E-state index contributed by atoms with van der Waals surface area (Å²) >= 11 is 0. The molecule has 1 aromatic rings. The highest BCUT2D eigenvalue weighted by Gasteiger charge is 2.35. The molecule has 1 saturated carbocycles. The Kier molecular flexibility index (Phi) is 11.7. The molecule has 1 atom stereocenters. The van der Waals surface area contributed by atoms with Crippen molar-refractivity contribution in [1.29, 1.82) is 0 Å². The predicted molar refractivity (Wildman–Crippen MR) is 140 cm³/mol. The van der Waals surface area contributed by atoms with Gasteiger partial charge in [-0.1, -0.05) is 77.0 Å². The second-order valence-electron chi connectivity index (χ2n) is 10.2. The molecule has 0 aromatic heterocycles. The Morgan fingerprint density at radius 2 is 1.57 bits per heavy atom. The van der Waals surface area contributed by atoms with Gasteiger partial charge in [-0.05, 0) is 62.0 Å². The molecule has 1 fully saturated rings. The molecule has 1 aromatic carbocycles. The highest BCUT2D eigenvalue weighted by molar-refractivity contribution is 5.88. The van der Waals surface area contributed by atoms with E-state index in [4.69, 9.17) is 9.47 Å². The zero-order valence-electron chi connectivity index (χ0n) is 21.9. The molecule has 0 bridgehead atoms. The molecule has 0 spiro atoms. The zero-order chi connectivity index (χ0) is 25.8. The van der Waals surface area contributed by atoms with E-state index in [0.717, 1.165) is 11.5 Å². The molecular formula is C30H44O5. The van der Waals surface area contributed by atoms with Crippen LogP contribution in [0, 0.1) is 5.92 Å². The summed E-state index contributed by atoms with van der Waals surface area (Å²) in [5.74, 6) is 0.329. The van der Waals surface area contributed by atoms with Gasteiger partial charge in [0.1, 0.15) is 13.2 Å². The van der Waals surface area contributed by atoms with Crippen molar-refractivity contribution in [3.05, 3.63) is 59.7 Å². The van der Waals surface area contributed by atoms with Crippen LogP contribution < -0.4 is 0 Å². The van der Waals surface area contributed by atoms with Crippen LogP contribution in [0.2, 0.25) is 0 Å². The van der Waals surface area contributed by atoms with E-state index in [0.29, 0.717) is 17.9 Å². The lowest BCUT2D eigenvalue weighted by Gasteiger charge is -2.33. The fraction of sp³-hybridized carbons (Fsp3) is 0.600. The van der Waals surface area contributed by atoms with Gasteiger partial charge in [0.05, 0.1) is 17.6 Å². The van der Waals surface area contributed by atoms with Gasteiger partial charge >= 0.3 is 11.9 Å². The van der Waals surface area contributed by atoms with Crippen LogP contribution in [0.3, 0.4) is 0 Å². The van der Waals surface area contributed by atoms with Gasteiger partial charge in [-0.25, -0.2) is 9.59 Å². The van der Waals surface area contributed by atoms with E-state index in [2.05, 4.69) is 44.3 Å². The Morgan fingerprint density at radius 1 is 0.971 bits per heavy atom. The molecule has 1 aliphatic rings. The Balaban J connectivity index is 2.13. The fourth-order valence-electron chi connectivity index (χ4n) is 4.89. The number of hydrogen-bond acceptors (Lipinski definition) is 5. The molecule has 0 radical (unpaired) electrons. The smallest absolute Gasteiger partial charge is 0.335 e. The molecule has 1 N–H and O–H groups in total. The number of rotatable bonds is 14. The maximum atomic E-state index is 12.2. The normalized spacial score (nSPS) is 19.4. The molecule has 35 heavy (non-hydrogen) atoms. The number of esters is 2. The highest BCUT2D eigenvalue weighted by atomic mass is 16.5. The predicted octanol–water partition coefficient (Wildman–Crippen LogP) is 6.40. The van der Waals surface area contributed by atoms with Crippen LogP contribution in [0.25, 0.3) is 0 Å². The second kappa shape index (κ2) is 14.2. The Morgan fingerprint density at radius 3 is 2.09 bits per heavy atom. The standard InChI is InChI=1S/C30H44O5/c1-6-8-9-10-24-11-13-25(14-12-24)26-15-17-27(18-16-26)30(7-2,20-34-28(32)22(3)4)21-35-29(33)23(5)19-31/h15-18,24-25,31H,3,5-14,19-21H2,1-2,4H3. The number of aliphatic hydroxyl groups is 1. The summed E-state index contributed by atoms with van der Waals surface area (Å²) in [6, 6.07) is 8.51. The molecule has 0 amide bonds. The van der Waals surface area contributed by atoms with Crippen molar-refractivity contribution in [2.24, 2.45) is 5.92 Å². The summed E-state index contributed by atoms with van der Waals surface area (Å²) < 4.78 is 11.0. The van der Waals surface area contributed by atoms with Gasteiger partial charge in [0.25, 0.3) is 0 Å². The summed E-state index contributed by atoms with van der Waals surface area (Å²) in [7, 11) is 0. The van der Waals surface area contributed by atoms with E-state index >= 15 is 0 Å². The lowest BCUT2D eigenvalue weighted by Crippen LogP contribution is -2.38. The van der Waals surface area contributed by atoms with Crippen LogP contribution in [-0.4, -0.2) is 36.9 Å². The van der Waals surface area contributed by atoms with E-state index < -0.39 is 24.0 Å². The molecule has 1 unspecified atom stereocenters. The maximum Gasteiger partial charge on any atom is 0.335 e. The topological polar surface area (TPSA) is 72.8 Å². The quantitative estimate of drug-likeness (QED) is 0.188. The average molecular weight is 485 g/mol. The Bertz CT molecular complexity index is 848. The fourth-order valence-corrected chi connectivity index (χ4v) is 4.89. The molecule has 2 rings (SSSR count). The van der Waals surface area contributed by atoms with Crippen LogP contribution >= 0.6 is 0 Å². The summed E-state index contributed by atoms with van der Waals surface area (Å²) in [5.41, 5.74) is 1.91.